The third-order valence-corrected chi connectivity index (χ3v) is 6.45. The number of nitrogens with one attached hydrogen (secondary N) is 7. The Bertz CT molecular complexity index is 1290. The van der Waals surface area contributed by atoms with Gasteiger partial charge in [-0.25, -0.2) is 0 Å². The highest BCUT2D eigenvalue weighted by molar-refractivity contribution is 5.96. The SMILES string of the molecule is CC(NC(=O)CNC(=O)C(Cc1ccc(O)cc1)NC(=O)[C@H](C)NC(=O)C(C)NC(=O)[C@H](C)NC(=O)CN)C(=O)N[C@@H](C)C(N)=O. The van der Waals surface area contributed by atoms with Crippen LogP contribution in [0.5, 0.6) is 5.75 Å². The van der Waals surface area contributed by atoms with Crippen LogP contribution in [0.1, 0.15) is 40.2 Å². The van der Waals surface area contributed by atoms with Gasteiger partial charge in [-0.05, 0) is 52.3 Å². The van der Waals surface area contributed by atoms with Crippen molar-refractivity contribution in [1.29, 1.82) is 0 Å². The Balaban J connectivity index is 2.85. The van der Waals surface area contributed by atoms with Gasteiger partial charge in [-0.1, -0.05) is 12.1 Å². The number of aromatic hydroxyl groups is 1. The molecular weight excluding hydrogens is 606 g/mol. The predicted octanol–water partition coefficient (Wildman–Crippen LogP) is -4.50. The summed E-state index contributed by atoms with van der Waals surface area (Å²) in [4.78, 5) is 98.0. The Labute approximate surface area is 265 Å². The summed E-state index contributed by atoms with van der Waals surface area (Å²) < 4.78 is 0. The Morgan fingerprint density at radius 1 is 0.609 bits per heavy atom. The molecule has 18 nitrogen and oxygen atoms in total. The number of hydrogen-bond donors (Lipinski definition) is 10. The fourth-order valence-electron chi connectivity index (χ4n) is 3.61. The Morgan fingerprint density at radius 2 is 1.02 bits per heavy atom. The summed E-state index contributed by atoms with van der Waals surface area (Å²) in [5, 5.41) is 26.3. The van der Waals surface area contributed by atoms with Crippen molar-refractivity contribution in [3.05, 3.63) is 29.8 Å². The Morgan fingerprint density at radius 3 is 1.48 bits per heavy atom. The molecule has 1 rings (SSSR count). The summed E-state index contributed by atoms with van der Waals surface area (Å²) in [6.45, 7) is 5.95. The number of benzene rings is 1. The van der Waals surface area contributed by atoms with E-state index in [1.54, 1.807) is 0 Å². The smallest absolute Gasteiger partial charge is 0.243 e. The molecule has 0 aliphatic heterocycles. The molecule has 3 unspecified atom stereocenters. The molecule has 18 heteroatoms. The topological polar surface area (TPSA) is 293 Å². The third-order valence-electron chi connectivity index (χ3n) is 6.45. The first-order valence-corrected chi connectivity index (χ1v) is 14.3. The molecule has 0 saturated carbocycles. The number of phenolic OH excluding ortho intramolecular Hbond substituents is 1. The molecule has 12 N–H and O–H groups in total. The molecule has 0 radical (unpaired) electrons. The maximum atomic E-state index is 13.1. The van der Waals surface area contributed by atoms with Gasteiger partial charge in [0.1, 0.15) is 42.0 Å². The van der Waals surface area contributed by atoms with Gasteiger partial charge in [0.05, 0.1) is 13.1 Å². The molecule has 1 aromatic carbocycles. The lowest BCUT2D eigenvalue weighted by molar-refractivity contribution is -0.134. The van der Waals surface area contributed by atoms with Crippen LogP contribution >= 0.6 is 0 Å². The van der Waals surface area contributed by atoms with Gasteiger partial charge in [-0.3, -0.25) is 38.4 Å². The van der Waals surface area contributed by atoms with E-state index in [9.17, 15) is 43.5 Å². The fourth-order valence-corrected chi connectivity index (χ4v) is 3.61. The summed E-state index contributed by atoms with van der Waals surface area (Å²) in [6.07, 6.45) is -0.0666. The van der Waals surface area contributed by atoms with Crippen LogP contribution in [0.4, 0.5) is 0 Å². The van der Waals surface area contributed by atoms with Gasteiger partial charge in [0.25, 0.3) is 0 Å². The van der Waals surface area contributed by atoms with Crippen LogP contribution in [0.2, 0.25) is 0 Å². The molecular formula is C28H43N9O9. The standard InChI is InChI=1S/C28H43N9O9/c1-13(23(30)41)34-24(42)15(3)33-22(40)12-31-28(46)20(10-18-6-8-19(38)9-7-18)37-27(45)17(5)36-26(44)16(4)35-25(43)14(2)32-21(39)11-29/h6-9,13-17,20,38H,10-12,29H2,1-5H3,(H2,30,41)(H,31,46)(H,32,39)(H,33,40)(H,34,42)(H,35,43)(H,36,44)(H,37,45)/t13-,14-,15?,16?,17-,20?/m0/s1. The molecule has 1 aromatic rings. The number of carbonyl (C=O) groups excluding carboxylic acids is 8. The average Bonchev–Trinajstić information content (AvgIpc) is 2.99. The number of primary amides is 1. The highest BCUT2D eigenvalue weighted by Crippen LogP contribution is 2.11. The van der Waals surface area contributed by atoms with E-state index in [-0.39, 0.29) is 18.7 Å². The van der Waals surface area contributed by atoms with Crippen LogP contribution in [-0.4, -0.2) is 102 Å². The molecule has 0 aliphatic carbocycles. The molecule has 6 atom stereocenters. The summed E-state index contributed by atoms with van der Waals surface area (Å²) in [5.74, 6) is -5.72. The number of amides is 8. The molecule has 0 spiro atoms. The number of phenols is 1. The second-order valence-electron chi connectivity index (χ2n) is 10.5. The van der Waals surface area contributed by atoms with Crippen molar-refractivity contribution in [3.63, 3.8) is 0 Å². The van der Waals surface area contributed by atoms with Crippen LogP contribution in [0.25, 0.3) is 0 Å². The monoisotopic (exact) mass is 649 g/mol. The molecule has 0 aromatic heterocycles. The van der Waals surface area contributed by atoms with Gasteiger partial charge in [0.2, 0.25) is 47.3 Å². The minimum absolute atomic E-state index is 0.0254. The van der Waals surface area contributed by atoms with E-state index >= 15 is 0 Å². The highest BCUT2D eigenvalue weighted by Gasteiger charge is 2.28. The molecule has 0 fully saturated rings. The van der Waals surface area contributed by atoms with E-state index in [2.05, 4.69) is 37.2 Å². The van der Waals surface area contributed by atoms with Crippen molar-refractivity contribution in [1.82, 2.24) is 37.2 Å². The lowest BCUT2D eigenvalue weighted by atomic mass is 10.0. The number of hydrogen-bond acceptors (Lipinski definition) is 10. The van der Waals surface area contributed by atoms with Gasteiger partial charge >= 0.3 is 0 Å². The van der Waals surface area contributed by atoms with Gasteiger partial charge in [-0.2, -0.15) is 0 Å². The Kier molecular flexibility index (Phi) is 15.6. The normalized spacial score (nSPS) is 14.5. The van der Waals surface area contributed by atoms with Crippen LogP contribution < -0.4 is 48.7 Å². The number of rotatable bonds is 17. The van der Waals surface area contributed by atoms with Crippen molar-refractivity contribution < 1.29 is 43.5 Å². The van der Waals surface area contributed by atoms with Crippen LogP contribution in [0, 0.1) is 0 Å². The minimum atomic E-state index is -1.24. The van der Waals surface area contributed by atoms with Crippen molar-refractivity contribution in [2.24, 2.45) is 11.5 Å². The predicted molar refractivity (Wildman–Crippen MR) is 163 cm³/mol. The second kappa shape index (κ2) is 18.5. The van der Waals surface area contributed by atoms with E-state index in [1.807, 2.05) is 0 Å². The molecule has 0 aliphatic rings. The molecule has 254 valence electrons. The van der Waals surface area contributed by atoms with E-state index in [0.29, 0.717) is 5.56 Å². The lowest BCUT2D eigenvalue weighted by Crippen LogP contribution is -2.57. The maximum absolute atomic E-state index is 13.1. The second-order valence-corrected chi connectivity index (χ2v) is 10.5. The largest absolute Gasteiger partial charge is 0.508 e. The van der Waals surface area contributed by atoms with Crippen molar-refractivity contribution in [2.75, 3.05) is 13.1 Å². The summed E-state index contributed by atoms with van der Waals surface area (Å²) in [6, 6.07) is -0.724. The van der Waals surface area contributed by atoms with E-state index in [0.717, 1.165) is 0 Å². The minimum Gasteiger partial charge on any atom is -0.508 e. The molecule has 8 amide bonds. The molecule has 0 heterocycles. The van der Waals surface area contributed by atoms with Crippen molar-refractivity contribution >= 4 is 47.3 Å². The van der Waals surface area contributed by atoms with Crippen molar-refractivity contribution in [3.8, 4) is 5.75 Å². The van der Waals surface area contributed by atoms with E-state index < -0.39 is 90.1 Å². The summed E-state index contributed by atoms with van der Waals surface area (Å²) >= 11 is 0. The first kappa shape index (κ1) is 38.8. The summed E-state index contributed by atoms with van der Waals surface area (Å²) in [5.41, 5.74) is 10.9. The third kappa shape index (κ3) is 13.6. The van der Waals surface area contributed by atoms with Crippen LogP contribution in [0.3, 0.4) is 0 Å². The zero-order valence-corrected chi connectivity index (χ0v) is 26.3. The van der Waals surface area contributed by atoms with Crippen molar-refractivity contribution in [2.45, 2.75) is 77.3 Å². The van der Waals surface area contributed by atoms with Crippen LogP contribution in [-0.2, 0) is 44.8 Å². The molecule has 0 saturated heterocycles. The van der Waals surface area contributed by atoms with Gasteiger partial charge in [0.15, 0.2) is 0 Å². The molecule has 46 heavy (non-hydrogen) atoms. The average molecular weight is 650 g/mol. The highest BCUT2D eigenvalue weighted by atomic mass is 16.3. The first-order chi connectivity index (χ1) is 21.4. The fraction of sp³-hybridized carbons (Fsp3) is 0.500. The van der Waals surface area contributed by atoms with E-state index in [1.165, 1.54) is 58.9 Å². The van der Waals surface area contributed by atoms with Gasteiger partial charge in [0, 0.05) is 6.42 Å². The Hall–Kier alpha value is -5.26. The quantitative estimate of drug-likeness (QED) is 0.0771. The lowest BCUT2D eigenvalue weighted by Gasteiger charge is -2.23. The first-order valence-electron chi connectivity index (χ1n) is 14.3. The molecule has 0 bridgehead atoms. The van der Waals surface area contributed by atoms with Gasteiger partial charge in [-0.15, -0.1) is 0 Å². The van der Waals surface area contributed by atoms with Gasteiger partial charge < -0.3 is 53.8 Å². The summed E-state index contributed by atoms with van der Waals surface area (Å²) in [7, 11) is 0. The zero-order chi connectivity index (χ0) is 35.1. The van der Waals surface area contributed by atoms with Crippen LogP contribution in [0.15, 0.2) is 24.3 Å². The zero-order valence-electron chi connectivity index (χ0n) is 26.3. The maximum Gasteiger partial charge on any atom is 0.243 e. The van der Waals surface area contributed by atoms with E-state index in [4.69, 9.17) is 11.5 Å². The number of nitrogens with two attached hydrogens (primary N) is 2. The number of carbonyl (C=O) groups is 8.